The second-order valence-corrected chi connectivity index (χ2v) is 5.14. The Morgan fingerprint density at radius 2 is 2.29 bits per heavy atom. The third kappa shape index (κ3) is 2.92. The summed E-state index contributed by atoms with van der Waals surface area (Å²) in [4.78, 5) is 0. The van der Waals surface area contributed by atoms with Crippen molar-refractivity contribution in [2.24, 2.45) is 5.92 Å². The van der Waals surface area contributed by atoms with Crippen molar-refractivity contribution in [2.75, 3.05) is 5.32 Å². The molecule has 0 radical (unpaired) electrons. The van der Waals surface area contributed by atoms with Crippen molar-refractivity contribution in [3.8, 4) is 6.07 Å². The maximum Gasteiger partial charge on any atom is 0.101 e. The van der Waals surface area contributed by atoms with Gasteiger partial charge in [-0.1, -0.05) is 24.9 Å². The number of nitrogens with zero attached hydrogens (tertiary/aromatic N) is 1. The highest BCUT2D eigenvalue weighted by Crippen LogP contribution is 2.31. The Hall–Kier alpha value is -1.20. The lowest BCUT2D eigenvalue weighted by molar-refractivity contribution is 0.525. The largest absolute Gasteiger partial charge is 0.382 e. The van der Waals surface area contributed by atoms with E-state index < -0.39 is 0 Å². The summed E-state index contributed by atoms with van der Waals surface area (Å²) in [7, 11) is 0. The highest BCUT2D eigenvalue weighted by molar-refractivity contribution is 6.32. The molecule has 1 aliphatic carbocycles. The van der Waals surface area contributed by atoms with Crippen LogP contribution in [0.4, 0.5) is 5.69 Å². The molecular formula is C14H17ClN2. The van der Waals surface area contributed by atoms with Gasteiger partial charge in [0.1, 0.15) is 6.07 Å². The van der Waals surface area contributed by atoms with Gasteiger partial charge in [-0.05, 0) is 43.4 Å². The van der Waals surface area contributed by atoms with Gasteiger partial charge in [-0.25, -0.2) is 0 Å². The van der Waals surface area contributed by atoms with Crippen LogP contribution in [0.2, 0.25) is 5.02 Å². The molecule has 3 heteroatoms. The molecule has 0 aliphatic heterocycles. The van der Waals surface area contributed by atoms with Crippen LogP contribution in [0.5, 0.6) is 0 Å². The molecule has 1 saturated carbocycles. The fraction of sp³-hybridized carbons (Fsp3) is 0.500. The molecule has 0 heterocycles. The van der Waals surface area contributed by atoms with Gasteiger partial charge >= 0.3 is 0 Å². The van der Waals surface area contributed by atoms with Crippen LogP contribution >= 0.6 is 11.6 Å². The van der Waals surface area contributed by atoms with E-state index in [9.17, 15) is 0 Å². The maximum atomic E-state index is 8.81. The summed E-state index contributed by atoms with van der Waals surface area (Å²) in [5, 5.41) is 12.8. The van der Waals surface area contributed by atoms with Crippen LogP contribution in [0.15, 0.2) is 18.2 Å². The summed E-state index contributed by atoms with van der Waals surface area (Å²) in [6.07, 6.45) is 5.06. The summed E-state index contributed by atoms with van der Waals surface area (Å²) in [6.45, 7) is 2.26. The minimum Gasteiger partial charge on any atom is -0.382 e. The van der Waals surface area contributed by atoms with Crippen LogP contribution in [0.3, 0.4) is 0 Å². The van der Waals surface area contributed by atoms with Gasteiger partial charge in [0.05, 0.1) is 10.6 Å². The van der Waals surface area contributed by atoms with Gasteiger partial charge in [-0.2, -0.15) is 5.26 Å². The summed E-state index contributed by atoms with van der Waals surface area (Å²) in [6, 6.07) is 8.19. The molecule has 0 aromatic heterocycles. The van der Waals surface area contributed by atoms with Crippen LogP contribution < -0.4 is 5.32 Å². The Kier molecular flexibility index (Phi) is 3.91. The van der Waals surface area contributed by atoms with Gasteiger partial charge in [0.2, 0.25) is 0 Å². The van der Waals surface area contributed by atoms with Crippen molar-refractivity contribution in [2.45, 2.75) is 38.6 Å². The van der Waals surface area contributed by atoms with E-state index in [1.54, 1.807) is 6.07 Å². The first-order chi connectivity index (χ1) is 8.22. The molecular weight excluding hydrogens is 232 g/mol. The summed E-state index contributed by atoms with van der Waals surface area (Å²) in [5.74, 6) is 0.862. The van der Waals surface area contributed by atoms with E-state index in [2.05, 4.69) is 18.3 Å². The number of nitrogens with one attached hydrogen (secondary N) is 1. The van der Waals surface area contributed by atoms with Crippen molar-refractivity contribution in [3.63, 3.8) is 0 Å². The van der Waals surface area contributed by atoms with Crippen molar-refractivity contribution in [1.82, 2.24) is 0 Å². The van der Waals surface area contributed by atoms with Gasteiger partial charge in [0.25, 0.3) is 0 Å². The molecule has 0 saturated heterocycles. The lowest BCUT2D eigenvalue weighted by atomic mass is 10.1. The average molecular weight is 249 g/mol. The number of nitriles is 1. The normalized spacial score (nSPS) is 23.4. The zero-order valence-corrected chi connectivity index (χ0v) is 10.8. The molecule has 1 N–H and O–H groups in total. The monoisotopic (exact) mass is 248 g/mol. The fourth-order valence-electron chi connectivity index (χ4n) is 2.51. The highest BCUT2D eigenvalue weighted by atomic mass is 35.5. The molecule has 17 heavy (non-hydrogen) atoms. The van der Waals surface area contributed by atoms with Crippen LogP contribution in [-0.4, -0.2) is 6.04 Å². The first-order valence-corrected chi connectivity index (χ1v) is 6.57. The number of halogens is 1. The minimum absolute atomic E-state index is 0.530. The third-order valence-electron chi connectivity index (χ3n) is 3.58. The fourth-order valence-corrected chi connectivity index (χ4v) is 2.73. The molecule has 2 nitrogen and oxygen atoms in total. The molecule has 1 aromatic carbocycles. The Morgan fingerprint density at radius 1 is 1.47 bits per heavy atom. The molecule has 2 unspecified atom stereocenters. The Labute approximate surface area is 108 Å². The van der Waals surface area contributed by atoms with Gasteiger partial charge in [-0.15, -0.1) is 0 Å². The van der Waals surface area contributed by atoms with E-state index in [4.69, 9.17) is 16.9 Å². The zero-order valence-electron chi connectivity index (χ0n) is 10.0. The zero-order chi connectivity index (χ0) is 12.3. The quantitative estimate of drug-likeness (QED) is 0.870. The Morgan fingerprint density at radius 3 is 2.88 bits per heavy atom. The van der Waals surface area contributed by atoms with Gasteiger partial charge < -0.3 is 5.32 Å². The van der Waals surface area contributed by atoms with E-state index in [-0.39, 0.29) is 0 Å². The lowest BCUT2D eigenvalue weighted by Gasteiger charge is -2.14. The summed E-state index contributed by atoms with van der Waals surface area (Å²) < 4.78 is 0. The number of rotatable bonds is 3. The third-order valence-corrected chi connectivity index (χ3v) is 3.89. The predicted molar refractivity (Wildman–Crippen MR) is 71.2 cm³/mol. The van der Waals surface area contributed by atoms with Gasteiger partial charge in [-0.3, -0.25) is 0 Å². The summed E-state index contributed by atoms with van der Waals surface area (Å²) >= 11 is 6.01. The molecule has 90 valence electrons. The average Bonchev–Trinajstić information content (AvgIpc) is 2.77. The molecule has 2 rings (SSSR count). The molecule has 1 aromatic rings. The molecule has 1 fully saturated rings. The second kappa shape index (κ2) is 5.42. The van der Waals surface area contributed by atoms with Crippen LogP contribution in [0, 0.1) is 17.2 Å². The molecule has 2 atom stereocenters. The molecule has 0 bridgehead atoms. The SMILES string of the molecule is CCC1CCC(Nc2ccc(C#N)c(Cl)c2)C1. The minimum atomic E-state index is 0.530. The topological polar surface area (TPSA) is 35.8 Å². The van der Waals surface area contributed by atoms with Crippen molar-refractivity contribution < 1.29 is 0 Å². The predicted octanol–water partition coefficient (Wildman–Crippen LogP) is 4.20. The smallest absolute Gasteiger partial charge is 0.101 e. The number of anilines is 1. The number of hydrogen-bond acceptors (Lipinski definition) is 2. The first-order valence-electron chi connectivity index (χ1n) is 6.19. The number of benzene rings is 1. The Balaban J connectivity index is 2.00. The molecule has 1 aliphatic rings. The van der Waals surface area contributed by atoms with Crippen molar-refractivity contribution in [3.05, 3.63) is 28.8 Å². The van der Waals surface area contributed by atoms with Crippen LogP contribution in [-0.2, 0) is 0 Å². The standard InChI is InChI=1S/C14H17ClN2/c1-2-10-3-5-12(7-10)17-13-6-4-11(9-16)14(15)8-13/h4,6,8,10,12,17H,2-3,5,7H2,1H3. The maximum absolute atomic E-state index is 8.81. The van der Waals surface area contributed by atoms with E-state index in [1.165, 1.54) is 25.7 Å². The van der Waals surface area contributed by atoms with E-state index in [0.29, 0.717) is 16.6 Å². The lowest BCUT2D eigenvalue weighted by Crippen LogP contribution is -2.15. The van der Waals surface area contributed by atoms with E-state index in [1.807, 2.05) is 12.1 Å². The van der Waals surface area contributed by atoms with E-state index in [0.717, 1.165) is 11.6 Å². The van der Waals surface area contributed by atoms with E-state index >= 15 is 0 Å². The van der Waals surface area contributed by atoms with Gasteiger partial charge in [0.15, 0.2) is 0 Å². The summed E-state index contributed by atoms with van der Waals surface area (Å²) in [5.41, 5.74) is 1.56. The molecule has 0 spiro atoms. The Bertz CT molecular complexity index is 436. The van der Waals surface area contributed by atoms with Crippen molar-refractivity contribution >= 4 is 17.3 Å². The van der Waals surface area contributed by atoms with Crippen LogP contribution in [0.25, 0.3) is 0 Å². The molecule has 0 amide bonds. The first kappa shape index (κ1) is 12.3. The van der Waals surface area contributed by atoms with Crippen LogP contribution in [0.1, 0.15) is 38.2 Å². The highest BCUT2D eigenvalue weighted by Gasteiger charge is 2.23. The second-order valence-electron chi connectivity index (χ2n) is 4.74. The van der Waals surface area contributed by atoms with Gasteiger partial charge in [0, 0.05) is 11.7 Å². The van der Waals surface area contributed by atoms with Crippen molar-refractivity contribution in [1.29, 1.82) is 5.26 Å². The number of hydrogen-bond donors (Lipinski definition) is 1.